The molecular weight excluding hydrogens is 456 g/mol. The van der Waals surface area contributed by atoms with Crippen LogP contribution in [0.15, 0.2) is 53.7 Å². The van der Waals surface area contributed by atoms with Crippen LogP contribution in [0, 0.1) is 17.2 Å². The van der Waals surface area contributed by atoms with Gasteiger partial charge in [0.25, 0.3) is 5.91 Å². The lowest BCUT2D eigenvalue weighted by atomic mass is 9.69. The van der Waals surface area contributed by atoms with E-state index in [9.17, 15) is 13.2 Å². The van der Waals surface area contributed by atoms with Crippen molar-refractivity contribution < 1.29 is 13.2 Å². The Morgan fingerprint density at radius 2 is 1.85 bits per heavy atom. The number of benzene rings is 1. The Morgan fingerprint density at radius 1 is 1.12 bits per heavy atom. The van der Waals surface area contributed by atoms with Crippen molar-refractivity contribution in [3.05, 3.63) is 59.2 Å². The van der Waals surface area contributed by atoms with Crippen molar-refractivity contribution in [3.8, 4) is 0 Å². The maximum atomic E-state index is 12.9. The standard InChI is InChI=1S/C24H26N4O3S2/c25-23-17-2-1-3-18(23)11-19(10-17)28-33(30,31)20-6-4-15(5-7-20)13-27-24(29)21-12-16-8-9-26-14-22(16)32-21/h4-9,12,14,17-19,25,28H,1-3,10-11,13H2,(H,27,29). The molecule has 2 aromatic heterocycles. The average molecular weight is 483 g/mol. The van der Waals surface area contributed by atoms with Gasteiger partial charge in [-0.2, -0.15) is 0 Å². The molecule has 2 aliphatic carbocycles. The molecule has 172 valence electrons. The third-order valence-corrected chi connectivity index (χ3v) is 9.30. The fraction of sp³-hybridized carbons (Fsp3) is 0.375. The van der Waals surface area contributed by atoms with Crippen LogP contribution in [0.3, 0.4) is 0 Å². The lowest BCUT2D eigenvalue weighted by molar-refractivity contribution is 0.0955. The third-order valence-electron chi connectivity index (χ3n) is 6.68. The molecule has 3 N–H and O–H groups in total. The number of carbonyl (C=O) groups is 1. The minimum absolute atomic E-state index is 0.116. The highest BCUT2D eigenvalue weighted by Gasteiger charge is 2.37. The lowest BCUT2D eigenvalue weighted by Gasteiger charge is -2.39. The smallest absolute Gasteiger partial charge is 0.261 e. The van der Waals surface area contributed by atoms with Crippen LogP contribution in [-0.2, 0) is 16.6 Å². The van der Waals surface area contributed by atoms with E-state index < -0.39 is 10.0 Å². The Kier molecular flexibility index (Phi) is 6.03. The SMILES string of the molecule is N=C1C2CCCC1CC(NS(=O)(=O)c1ccc(CNC(=O)c3cc4ccncc4s3)cc1)C2. The van der Waals surface area contributed by atoms with Gasteiger partial charge in [-0.25, -0.2) is 13.1 Å². The normalized spacial score (nSPS) is 22.9. The molecule has 1 amide bonds. The largest absolute Gasteiger partial charge is 0.347 e. The first kappa shape index (κ1) is 22.2. The van der Waals surface area contributed by atoms with Gasteiger partial charge < -0.3 is 10.7 Å². The van der Waals surface area contributed by atoms with Gasteiger partial charge in [-0.15, -0.1) is 11.3 Å². The van der Waals surface area contributed by atoms with Gasteiger partial charge in [-0.05, 0) is 72.7 Å². The highest BCUT2D eigenvalue weighted by Crippen LogP contribution is 2.37. The minimum Gasteiger partial charge on any atom is -0.347 e. The molecule has 2 atom stereocenters. The number of hydrogen-bond acceptors (Lipinski definition) is 6. The van der Waals surface area contributed by atoms with E-state index in [1.54, 1.807) is 36.7 Å². The number of pyridine rings is 1. The number of rotatable bonds is 6. The Balaban J connectivity index is 1.20. The quantitative estimate of drug-likeness (QED) is 0.491. The maximum absolute atomic E-state index is 12.9. The zero-order valence-corrected chi connectivity index (χ0v) is 19.7. The number of thiophene rings is 1. The van der Waals surface area contributed by atoms with Crippen LogP contribution in [-0.4, -0.2) is 31.1 Å². The summed E-state index contributed by atoms with van der Waals surface area (Å²) in [6.07, 6.45) is 7.99. The number of amides is 1. The van der Waals surface area contributed by atoms with Gasteiger partial charge >= 0.3 is 0 Å². The summed E-state index contributed by atoms with van der Waals surface area (Å²) in [6, 6.07) is 10.2. The number of carbonyl (C=O) groups excluding carboxylic acids is 1. The Morgan fingerprint density at radius 3 is 2.55 bits per heavy atom. The van der Waals surface area contributed by atoms with Gasteiger partial charge in [0.1, 0.15) is 0 Å². The fourth-order valence-corrected chi connectivity index (χ4v) is 7.17. The van der Waals surface area contributed by atoms with Crippen molar-refractivity contribution in [3.63, 3.8) is 0 Å². The summed E-state index contributed by atoms with van der Waals surface area (Å²) in [5.41, 5.74) is 1.64. The molecule has 3 aromatic rings. The van der Waals surface area contributed by atoms with E-state index in [2.05, 4.69) is 15.0 Å². The molecule has 1 aromatic carbocycles. The first-order valence-electron chi connectivity index (χ1n) is 11.2. The van der Waals surface area contributed by atoms with Gasteiger partial charge in [0.05, 0.1) is 14.5 Å². The molecule has 2 bridgehead atoms. The summed E-state index contributed by atoms with van der Waals surface area (Å²) in [6.45, 7) is 0.313. The van der Waals surface area contributed by atoms with Crippen molar-refractivity contribution in [2.75, 3.05) is 0 Å². The van der Waals surface area contributed by atoms with E-state index in [1.165, 1.54) is 11.3 Å². The van der Waals surface area contributed by atoms with E-state index in [0.29, 0.717) is 24.3 Å². The molecule has 0 spiro atoms. The number of hydrogen-bond donors (Lipinski definition) is 3. The Hall–Kier alpha value is -2.62. The van der Waals surface area contributed by atoms with E-state index in [0.717, 1.165) is 40.6 Å². The molecule has 2 unspecified atom stereocenters. The highest BCUT2D eigenvalue weighted by atomic mass is 32.2. The molecule has 0 radical (unpaired) electrons. The summed E-state index contributed by atoms with van der Waals surface area (Å²) in [5.74, 6) is 0.268. The highest BCUT2D eigenvalue weighted by molar-refractivity contribution is 7.89. The van der Waals surface area contributed by atoms with Crippen LogP contribution < -0.4 is 10.0 Å². The van der Waals surface area contributed by atoms with Gasteiger partial charge in [0.15, 0.2) is 0 Å². The number of nitrogens with one attached hydrogen (secondary N) is 3. The topological polar surface area (TPSA) is 112 Å². The molecule has 5 rings (SSSR count). The van der Waals surface area contributed by atoms with Crippen LogP contribution in [0.2, 0.25) is 0 Å². The summed E-state index contributed by atoms with van der Waals surface area (Å²) in [4.78, 5) is 17.4. The van der Waals surface area contributed by atoms with Crippen LogP contribution >= 0.6 is 11.3 Å². The van der Waals surface area contributed by atoms with E-state index in [1.807, 2.05) is 12.1 Å². The number of nitrogens with zero attached hydrogens (tertiary/aromatic N) is 1. The van der Waals surface area contributed by atoms with E-state index >= 15 is 0 Å². The van der Waals surface area contributed by atoms with Gasteiger partial charge in [0.2, 0.25) is 10.0 Å². The first-order valence-corrected chi connectivity index (χ1v) is 13.5. The second kappa shape index (κ2) is 8.96. The Labute approximate surface area is 197 Å². The van der Waals surface area contributed by atoms with Crippen molar-refractivity contribution in [1.29, 1.82) is 5.41 Å². The van der Waals surface area contributed by atoms with E-state index in [-0.39, 0.29) is 28.7 Å². The molecule has 2 saturated carbocycles. The molecule has 2 heterocycles. The zero-order valence-electron chi connectivity index (χ0n) is 18.1. The number of fused-ring (bicyclic) bond motifs is 3. The molecule has 9 heteroatoms. The first-order chi connectivity index (χ1) is 15.9. The average Bonchev–Trinajstić information content (AvgIpc) is 3.23. The second-order valence-electron chi connectivity index (χ2n) is 8.92. The lowest BCUT2D eigenvalue weighted by Crippen LogP contribution is -2.46. The number of sulfonamides is 1. The summed E-state index contributed by atoms with van der Waals surface area (Å²) < 4.78 is 29.6. The summed E-state index contributed by atoms with van der Waals surface area (Å²) in [7, 11) is -3.63. The summed E-state index contributed by atoms with van der Waals surface area (Å²) >= 11 is 1.39. The van der Waals surface area contributed by atoms with Gasteiger partial charge in [0, 0.05) is 30.7 Å². The molecule has 7 nitrogen and oxygen atoms in total. The monoisotopic (exact) mass is 482 g/mol. The third kappa shape index (κ3) is 4.71. The van der Waals surface area contributed by atoms with Gasteiger partial charge in [-0.1, -0.05) is 18.6 Å². The summed E-state index contributed by atoms with van der Waals surface area (Å²) in [5, 5.41) is 12.1. The molecule has 0 saturated heterocycles. The Bertz CT molecular complexity index is 1250. The van der Waals surface area contributed by atoms with Crippen LogP contribution in [0.5, 0.6) is 0 Å². The molecular formula is C24H26N4O3S2. The molecule has 33 heavy (non-hydrogen) atoms. The van der Waals surface area contributed by atoms with Crippen molar-refractivity contribution in [2.45, 2.75) is 49.6 Å². The zero-order chi connectivity index (χ0) is 23.0. The predicted octanol–water partition coefficient (Wildman–Crippen LogP) is 4.10. The van der Waals surface area contributed by atoms with Crippen molar-refractivity contribution in [1.82, 2.24) is 15.0 Å². The predicted molar refractivity (Wildman–Crippen MR) is 129 cm³/mol. The van der Waals surface area contributed by atoms with E-state index in [4.69, 9.17) is 5.41 Å². The van der Waals surface area contributed by atoms with Crippen LogP contribution in [0.4, 0.5) is 0 Å². The molecule has 2 fully saturated rings. The number of aromatic nitrogens is 1. The van der Waals surface area contributed by atoms with Crippen molar-refractivity contribution in [2.24, 2.45) is 11.8 Å². The fourth-order valence-electron chi connectivity index (χ4n) is 4.96. The molecule has 0 aliphatic heterocycles. The van der Waals surface area contributed by atoms with Crippen LogP contribution in [0.1, 0.15) is 47.3 Å². The maximum Gasteiger partial charge on any atom is 0.261 e. The molecule has 2 aliphatic rings. The minimum atomic E-state index is -3.63. The van der Waals surface area contributed by atoms with Crippen molar-refractivity contribution >= 4 is 43.1 Å². The second-order valence-corrected chi connectivity index (χ2v) is 11.7. The van der Waals surface area contributed by atoms with Gasteiger partial charge in [-0.3, -0.25) is 9.78 Å². The van der Waals surface area contributed by atoms with Crippen LogP contribution in [0.25, 0.3) is 10.1 Å².